The van der Waals surface area contributed by atoms with Crippen LogP contribution in [-0.2, 0) is 11.3 Å². The minimum atomic E-state index is -0.672. The van der Waals surface area contributed by atoms with Crippen molar-refractivity contribution in [2.45, 2.75) is 13.5 Å². The molecule has 0 aliphatic rings. The molecule has 0 unspecified atom stereocenters. The van der Waals surface area contributed by atoms with Crippen molar-refractivity contribution in [3.05, 3.63) is 46.7 Å². The number of rotatable bonds is 4. The van der Waals surface area contributed by atoms with Crippen LogP contribution in [0.4, 0.5) is 14.5 Å². The fourth-order valence-electron chi connectivity index (χ4n) is 1.65. The number of anilines is 1. The lowest BCUT2D eigenvalue weighted by Crippen LogP contribution is -2.25. The van der Waals surface area contributed by atoms with Crippen molar-refractivity contribution in [2.24, 2.45) is 5.92 Å². The second-order valence-corrected chi connectivity index (χ2v) is 5.31. The van der Waals surface area contributed by atoms with Gasteiger partial charge in [0, 0.05) is 12.3 Å². The molecule has 0 aliphatic carbocycles. The highest BCUT2D eigenvalue weighted by atomic mass is 79.9. The molecule has 0 radical (unpaired) electrons. The van der Waals surface area contributed by atoms with Crippen molar-refractivity contribution >= 4 is 27.5 Å². The molecular formula is C13H12BrF2N3O. The molecular weight excluding hydrogens is 332 g/mol. The summed E-state index contributed by atoms with van der Waals surface area (Å²) in [5, 5.41) is 6.40. The summed E-state index contributed by atoms with van der Waals surface area (Å²) in [7, 11) is 0. The molecule has 2 aromatic rings. The molecule has 4 nitrogen and oxygen atoms in total. The van der Waals surface area contributed by atoms with Crippen LogP contribution in [0.25, 0.3) is 0 Å². The Morgan fingerprint density at radius 2 is 2.25 bits per heavy atom. The molecule has 1 heterocycles. The molecule has 0 bridgehead atoms. The van der Waals surface area contributed by atoms with E-state index in [-0.39, 0.29) is 5.69 Å². The Morgan fingerprint density at radius 1 is 1.50 bits per heavy atom. The molecule has 2 rings (SSSR count). The predicted molar refractivity (Wildman–Crippen MR) is 74.1 cm³/mol. The summed E-state index contributed by atoms with van der Waals surface area (Å²) in [6.45, 7) is 2.02. The number of hydrogen-bond acceptors (Lipinski definition) is 2. The van der Waals surface area contributed by atoms with Gasteiger partial charge in [0.15, 0.2) is 0 Å². The van der Waals surface area contributed by atoms with Crippen LogP contribution in [0.5, 0.6) is 0 Å². The molecule has 0 saturated carbocycles. The van der Waals surface area contributed by atoms with E-state index in [1.807, 2.05) is 0 Å². The monoisotopic (exact) mass is 343 g/mol. The number of carbonyl (C=O) groups is 1. The average Bonchev–Trinajstić information content (AvgIpc) is 2.79. The molecule has 106 valence electrons. The normalized spacial score (nSPS) is 12.2. The zero-order chi connectivity index (χ0) is 14.7. The van der Waals surface area contributed by atoms with E-state index < -0.39 is 23.5 Å². The average molecular weight is 344 g/mol. The minimum Gasteiger partial charge on any atom is -0.323 e. The zero-order valence-electron chi connectivity index (χ0n) is 10.6. The first-order valence-electron chi connectivity index (χ1n) is 5.89. The number of nitrogens with zero attached hydrogens (tertiary/aromatic N) is 2. The summed E-state index contributed by atoms with van der Waals surface area (Å²) in [6, 6.07) is 2.92. The molecule has 1 aromatic heterocycles. The molecule has 0 saturated heterocycles. The number of nitrogens with one attached hydrogen (secondary N) is 1. The van der Waals surface area contributed by atoms with Crippen molar-refractivity contribution in [2.75, 3.05) is 5.32 Å². The van der Waals surface area contributed by atoms with Crippen LogP contribution >= 0.6 is 15.9 Å². The summed E-state index contributed by atoms with van der Waals surface area (Å²) >= 11 is 3.26. The molecule has 0 aliphatic heterocycles. The van der Waals surface area contributed by atoms with Gasteiger partial charge >= 0.3 is 0 Å². The van der Waals surface area contributed by atoms with Crippen molar-refractivity contribution < 1.29 is 13.6 Å². The largest absolute Gasteiger partial charge is 0.323 e. The Hall–Kier alpha value is -1.76. The summed E-state index contributed by atoms with van der Waals surface area (Å²) in [4.78, 5) is 11.9. The summed E-state index contributed by atoms with van der Waals surface area (Å²) in [6.07, 6.45) is 3.34. The first kappa shape index (κ1) is 14.6. The summed E-state index contributed by atoms with van der Waals surface area (Å²) in [5.74, 6) is -2.12. The Labute approximate surface area is 122 Å². The number of aromatic nitrogens is 2. The molecule has 1 aromatic carbocycles. The van der Waals surface area contributed by atoms with Crippen molar-refractivity contribution in [1.82, 2.24) is 9.78 Å². The second kappa shape index (κ2) is 6.13. The molecule has 0 fully saturated rings. The number of hydrogen-bond donors (Lipinski definition) is 1. The summed E-state index contributed by atoms with van der Waals surface area (Å²) < 4.78 is 28.8. The molecule has 0 spiro atoms. The molecule has 1 atom stereocenters. The Bertz CT molecular complexity index is 630. The molecule has 20 heavy (non-hydrogen) atoms. The van der Waals surface area contributed by atoms with Gasteiger partial charge in [0.2, 0.25) is 5.91 Å². The first-order valence-corrected chi connectivity index (χ1v) is 6.69. The van der Waals surface area contributed by atoms with Gasteiger partial charge in [0.05, 0.1) is 28.8 Å². The van der Waals surface area contributed by atoms with Gasteiger partial charge in [-0.05, 0) is 28.1 Å². The van der Waals surface area contributed by atoms with Crippen molar-refractivity contribution in [3.63, 3.8) is 0 Å². The van der Waals surface area contributed by atoms with E-state index in [1.165, 1.54) is 0 Å². The summed E-state index contributed by atoms with van der Waals surface area (Å²) in [5.41, 5.74) is -0.163. The molecule has 7 heteroatoms. The number of benzene rings is 1. The van der Waals surface area contributed by atoms with Gasteiger partial charge in [-0.2, -0.15) is 5.10 Å². The van der Waals surface area contributed by atoms with E-state index in [0.29, 0.717) is 6.54 Å². The number of carbonyl (C=O) groups excluding carboxylic acids is 1. The van der Waals surface area contributed by atoms with Gasteiger partial charge in [-0.3, -0.25) is 9.48 Å². The quantitative estimate of drug-likeness (QED) is 0.926. The SMILES string of the molecule is C[C@H](Cn1cc(Br)cn1)C(=O)Nc1cc(F)ccc1F. The molecule has 1 amide bonds. The minimum absolute atomic E-state index is 0.163. The standard InChI is InChI=1S/C13H12BrF2N3O/c1-8(6-19-7-9(14)5-17-19)13(20)18-12-4-10(15)2-3-11(12)16/h2-5,7-8H,6H2,1H3,(H,18,20)/t8-/m1/s1. The van der Waals surface area contributed by atoms with Gasteiger partial charge in [0.25, 0.3) is 0 Å². The van der Waals surface area contributed by atoms with Gasteiger partial charge in [0.1, 0.15) is 11.6 Å². The van der Waals surface area contributed by atoms with E-state index in [1.54, 1.807) is 24.0 Å². The third kappa shape index (κ3) is 3.63. The lowest BCUT2D eigenvalue weighted by molar-refractivity contribution is -0.119. The van der Waals surface area contributed by atoms with Crippen molar-refractivity contribution in [3.8, 4) is 0 Å². The maximum absolute atomic E-state index is 13.4. The van der Waals surface area contributed by atoms with Crippen LogP contribution in [0.2, 0.25) is 0 Å². The van der Waals surface area contributed by atoms with Crippen LogP contribution in [0, 0.1) is 17.6 Å². The number of amides is 1. The topological polar surface area (TPSA) is 46.9 Å². The van der Waals surface area contributed by atoms with Crippen LogP contribution in [-0.4, -0.2) is 15.7 Å². The third-order valence-corrected chi connectivity index (χ3v) is 3.11. The highest BCUT2D eigenvalue weighted by Crippen LogP contribution is 2.17. The van der Waals surface area contributed by atoms with E-state index in [0.717, 1.165) is 22.7 Å². The fourth-order valence-corrected chi connectivity index (χ4v) is 1.98. The Kier molecular flexibility index (Phi) is 4.49. The van der Waals surface area contributed by atoms with E-state index in [2.05, 4.69) is 26.3 Å². The van der Waals surface area contributed by atoms with Crippen LogP contribution in [0.15, 0.2) is 35.1 Å². The van der Waals surface area contributed by atoms with Gasteiger partial charge in [-0.15, -0.1) is 0 Å². The Morgan fingerprint density at radius 3 is 2.90 bits per heavy atom. The highest BCUT2D eigenvalue weighted by molar-refractivity contribution is 9.10. The fraction of sp³-hybridized carbons (Fsp3) is 0.231. The maximum atomic E-state index is 13.4. The highest BCUT2D eigenvalue weighted by Gasteiger charge is 2.16. The molecule has 1 N–H and O–H groups in total. The lowest BCUT2D eigenvalue weighted by Gasteiger charge is -2.12. The maximum Gasteiger partial charge on any atom is 0.229 e. The van der Waals surface area contributed by atoms with Crippen molar-refractivity contribution in [1.29, 1.82) is 0 Å². The van der Waals surface area contributed by atoms with Gasteiger partial charge in [-0.25, -0.2) is 8.78 Å². The van der Waals surface area contributed by atoms with Crippen LogP contribution < -0.4 is 5.32 Å². The second-order valence-electron chi connectivity index (χ2n) is 4.40. The van der Waals surface area contributed by atoms with E-state index in [4.69, 9.17) is 0 Å². The lowest BCUT2D eigenvalue weighted by atomic mass is 10.1. The van der Waals surface area contributed by atoms with Crippen LogP contribution in [0.3, 0.4) is 0 Å². The van der Waals surface area contributed by atoms with Crippen LogP contribution in [0.1, 0.15) is 6.92 Å². The van der Waals surface area contributed by atoms with Gasteiger partial charge in [-0.1, -0.05) is 6.92 Å². The number of halogens is 3. The van der Waals surface area contributed by atoms with Gasteiger partial charge < -0.3 is 5.32 Å². The Balaban J connectivity index is 2.02. The third-order valence-electron chi connectivity index (χ3n) is 2.70. The zero-order valence-corrected chi connectivity index (χ0v) is 12.2. The predicted octanol–water partition coefficient (Wildman–Crippen LogP) is 3.20. The van der Waals surface area contributed by atoms with E-state index >= 15 is 0 Å². The first-order chi connectivity index (χ1) is 9.45. The van der Waals surface area contributed by atoms with E-state index in [9.17, 15) is 13.6 Å². The smallest absolute Gasteiger partial charge is 0.229 e.